The Kier molecular flexibility index (Phi) is 5.12. The van der Waals surface area contributed by atoms with E-state index in [9.17, 15) is 4.79 Å². The van der Waals surface area contributed by atoms with Crippen LogP contribution in [0.15, 0.2) is 18.2 Å². The van der Waals surface area contributed by atoms with E-state index < -0.39 is 0 Å². The van der Waals surface area contributed by atoms with Crippen LogP contribution < -0.4 is 5.32 Å². The van der Waals surface area contributed by atoms with Crippen molar-refractivity contribution in [3.8, 4) is 0 Å². The summed E-state index contributed by atoms with van der Waals surface area (Å²) in [6, 6.07) is 6.47. The number of aryl methyl sites for hydroxylation is 1. The summed E-state index contributed by atoms with van der Waals surface area (Å²) in [6.07, 6.45) is 0.349. The summed E-state index contributed by atoms with van der Waals surface area (Å²) in [6.45, 7) is 8.64. The molecule has 106 valence electrons. The summed E-state index contributed by atoms with van der Waals surface area (Å²) in [4.78, 5) is 11.5. The maximum atomic E-state index is 11.5. The van der Waals surface area contributed by atoms with Crippen LogP contribution in [0.1, 0.15) is 49.9 Å². The lowest BCUT2D eigenvalue weighted by atomic mass is 9.84. The van der Waals surface area contributed by atoms with Crippen molar-refractivity contribution in [1.29, 1.82) is 0 Å². The van der Waals surface area contributed by atoms with Crippen LogP contribution >= 0.6 is 0 Å². The maximum Gasteiger partial charge on any atom is 0.307 e. The Balaban J connectivity index is 3.12. The zero-order valence-corrected chi connectivity index (χ0v) is 12.8. The monoisotopic (exact) mass is 263 g/mol. The van der Waals surface area contributed by atoms with Crippen molar-refractivity contribution in [2.75, 3.05) is 14.2 Å². The minimum atomic E-state index is -0.195. The molecule has 0 saturated heterocycles. The molecule has 0 radical (unpaired) electrons. The van der Waals surface area contributed by atoms with Gasteiger partial charge in [0.1, 0.15) is 0 Å². The van der Waals surface area contributed by atoms with E-state index in [0.717, 1.165) is 0 Å². The van der Waals surface area contributed by atoms with Crippen molar-refractivity contribution < 1.29 is 9.53 Å². The lowest BCUT2D eigenvalue weighted by Crippen LogP contribution is -2.22. The van der Waals surface area contributed by atoms with E-state index in [-0.39, 0.29) is 17.4 Å². The molecule has 1 rings (SSSR count). The third-order valence-corrected chi connectivity index (χ3v) is 3.47. The molecule has 0 heterocycles. The van der Waals surface area contributed by atoms with Crippen molar-refractivity contribution in [2.24, 2.45) is 0 Å². The average Bonchev–Trinajstić information content (AvgIpc) is 2.35. The number of rotatable bonds is 4. The number of ether oxygens (including phenoxy) is 1. The molecule has 0 saturated carbocycles. The van der Waals surface area contributed by atoms with Gasteiger partial charge in [0, 0.05) is 6.04 Å². The van der Waals surface area contributed by atoms with Gasteiger partial charge in [-0.2, -0.15) is 0 Å². The molecule has 1 aromatic rings. The Morgan fingerprint density at radius 2 is 2.00 bits per heavy atom. The number of carbonyl (C=O) groups excluding carboxylic acids is 1. The second kappa shape index (κ2) is 6.20. The predicted molar refractivity (Wildman–Crippen MR) is 78.3 cm³/mol. The molecule has 0 amide bonds. The summed E-state index contributed by atoms with van der Waals surface area (Å²) < 4.78 is 4.76. The number of esters is 1. The van der Waals surface area contributed by atoms with Crippen LogP contribution in [-0.2, 0) is 14.9 Å². The lowest BCUT2D eigenvalue weighted by Gasteiger charge is -2.24. The number of methoxy groups -OCH3 is 1. The van der Waals surface area contributed by atoms with Gasteiger partial charge in [0.25, 0.3) is 0 Å². The van der Waals surface area contributed by atoms with E-state index in [1.807, 2.05) is 7.05 Å². The van der Waals surface area contributed by atoms with Gasteiger partial charge in [-0.3, -0.25) is 4.79 Å². The Bertz CT molecular complexity index is 447. The fourth-order valence-corrected chi connectivity index (χ4v) is 2.10. The van der Waals surface area contributed by atoms with E-state index in [4.69, 9.17) is 4.74 Å². The topological polar surface area (TPSA) is 38.3 Å². The van der Waals surface area contributed by atoms with Crippen LogP contribution in [0.3, 0.4) is 0 Å². The van der Waals surface area contributed by atoms with Crippen molar-refractivity contribution >= 4 is 5.97 Å². The van der Waals surface area contributed by atoms with Gasteiger partial charge in [-0.05, 0) is 36.1 Å². The highest BCUT2D eigenvalue weighted by atomic mass is 16.5. The van der Waals surface area contributed by atoms with Crippen molar-refractivity contribution in [2.45, 2.75) is 45.6 Å². The van der Waals surface area contributed by atoms with Crippen LogP contribution in [0, 0.1) is 6.92 Å². The molecular formula is C16H25NO2. The highest BCUT2D eigenvalue weighted by Crippen LogP contribution is 2.28. The van der Waals surface area contributed by atoms with Crippen LogP contribution in [0.5, 0.6) is 0 Å². The smallest absolute Gasteiger partial charge is 0.307 e. The first-order valence-electron chi connectivity index (χ1n) is 6.64. The number of nitrogens with one attached hydrogen (secondary N) is 1. The minimum absolute atomic E-state index is 0.00486. The highest BCUT2D eigenvalue weighted by molar-refractivity contribution is 5.70. The molecule has 19 heavy (non-hydrogen) atoms. The molecule has 0 aliphatic rings. The SMILES string of the molecule is CNC(CC(=O)OC)c1cc(C(C)(C)C)ccc1C. The molecule has 0 fully saturated rings. The van der Waals surface area contributed by atoms with Gasteiger partial charge < -0.3 is 10.1 Å². The largest absolute Gasteiger partial charge is 0.469 e. The third kappa shape index (κ3) is 4.06. The number of carbonyl (C=O) groups is 1. The summed E-state index contributed by atoms with van der Waals surface area (Å²) in [7, 11) is 3.30. The maximum absolute atomic E-state index is 11.5. The van der Waals surface area contributed by atoms with Crippen LogP contribution in [0.4, 0.5) is 0 Å². The van der Waals surface area contributed by atoms with Gasteiger partial charge in [0.05, 0.1) is 13.5 Å². The first kappa shape index (κ1) is 15.7. The summed E-state index contributed by atoms with van der Waals surface area (Å²) in [5.74, 6) is -0.195. The number of hydrogen-bond donors (Lipinski definition) is 1. The highest BCUT2D eigenvalue weighted by Gasteiger charge is 2.20. The number of benzene rings is 1. The normalized spacial score (nSPS) is 13.2. The Morgan fingerprint density at radius 3 is 2.47 bits per heavy atom. The molecule has 0 aliphatic heterocycles. The Morgan fingerprint density at radius 1 is 1.37 bits per heavy atom. The second-order valence-electron chi connectivity index (χ2n) is 5.94. The zero-order chi connectivity index (χ0) is 14.6. The molecule has 1 N–H and O–H groups in total. The molecule has 0 bridgehead atoms. The van der Waals surface area contributed by atoms with Crippen LogP contribution in [0.25, 0.3) is 0 Å². The van der Waals surface area contributed by atoms with Gasteiger partial charge >= 0.3 is 5.97 Å². The molecule has 3 nitrogen and oxygen atoms in total. The quantitative estimate of drug-likeness (QED) is 0.848. The third-order valence-electron chi connectivity index (χ3n) is 3.47. The molecule has 0 spiro atoms. The van der Waals surface area contributed by atoms with E-state index in [1.165, 1.54) is 23.8 Å². The van der Waals surface area contributed by atoms with E-state index >= 15 is 0 Å². The summed E-state index contributed by atoms with van der Waals surface area (Å²) >= 11 is 0. The van der Waals surface area contributed by atoms with Crippen molar-refractivity contribution in [3.05, 3.63) is 34.9 Å². The predicted octanol–water partition coefficient (Wildman–Crippen LogP) is 3.12. The van der Waals surface area contributed by atoms with Crippen molar-refractivity contribution in [1.82, 2.24) is 5.32 Å². The molecule has 1 unspecified atom stereocenters. The minimum Gasteiger partial charge on any atom is -0.469 e. The zero-order valence-electron chi connectivity index (χ0n) is 12.8. The van der Waals surface area contributed by atoms with Gasteiger partial charge in [-0.25, -0.2) is 0 Å². The molecular weight excluding hydrogens is 238 g/mol. The first-order valence-corrected chi connectivity index (χ1v) is 6.64. The molecule has 3 heteroatoms. The van der Waals surface area contributed by atoms with Crippen molar-refractivity contribution in [3.63, 3.8) is 0 Å². The molecule has 0 aromatic heterocycles. The number of hydrogen-bond acceptors (Lipinski definition) is 3. The average molecular weight is 263 g/mol. The van der Waals surface area contributed by atoms with E-state index in [2.05, 4.69) is 51.2 Å². The fourth-order valence-electron chi connectivity index (χ4n) is 2.10. The first-order chi connectivity index (χ1) is 8.79. The fraction of sp³-hybridized carbons (Fsp3) is 0.562. The lowest BCUT2D eigenvalue weighted by molar-refractivity contribution is -0.141. The molecule has 0 aliphatic carbocycles. The van der Waals surface area contributed by atoms with Gasteiger partial charge in [0.2, 0.25) is 0 Å². The Labute approximate surface area is 116 Å². The van der Waals surface area contributed by atoms with Crippen LogP contribution in [-0.4, -0.2) is 20.1 Å². The van der Waals surface area contributed by atoms with Gasteiger partial charge in [0.15, 0.2) is 0 Å². The van der Waals surface area contributed by atoms with Crippen LogP contribution in [0.2, 0.25) is 0 Å². The summed E-state index contributed by atoms with van der Waals surface area (Å²) in [5, 5.41) is 3.20. The second-order valence-corrected chi connectivity index (χ2v) is 5.94. The standard InChI is InChI=1S/C16H25NO2/c1-11-7-8-12(16(2,3)4)9-13(11)14(17-5)10-15(18)19-6/h7-9,14,17H,10H2,1-6H3. The summed E-state index contributed by atoms with van der Waals surface area (Å²) in [5.41, 5.74) is 3.74. The van der Waals surface area contributed by atoms with E-state index in [0.29, 0.717) is 6.42 Å². The van der Waals surface area contributed by atoms with E-state index in [1.54, 1.807) is 0 Å². The molecule has 1 aromatic carbocycles. The van der Waals surface area contributed by atoms with Gasteiger partial charge in [-0.15, -0.1) is 0 Å². The Hall–Kier alpha value is -1.35. The molecule has 1 atom stereocenters. The van der Waals surface area contributed by atoms with Gasteiger partial charge in [-0.1, -0.05) is 39.0 Å².